The van der Waals surface area contributed by atoms with Gasteiger partial charge in [-0.25, -0.2) is 14.4 Å². The van der Waals surface area contributed by atoms with Gasteiger partial charge in [-0.2, -0.15) is 0 Å². The zero-order valence-corrected chi connectivity index (χ0v) is 21.8. The number of aliphatic imine (C=N–C) groups is 1. The van der Waals surface area contributed by atoms with Crippen molar-refractivity contribution in [3.8, 4) is 0 Å². The van der Waals surface area contributed by atoms with Gasteiger partial charge in [0.1, 0.15) is 17.2 Å². The second-order valence-corrected chi connectivity index (χ2v) is 9.60. The summed E-state index contributed by atoms with van der Waals surface area (Å²) in [7, 11) is 1.54. The van der Waals surface area contributed by atoms with Crippen molar-refractivity contribution in [2.75, 3.05) is 7.11 Å². The first-order chi connectivity index (χ1) is 17.9. The van der Waals surface area contributed by atoms with E-state index < -0.39 is 0 Å². The fourth-order valence-corrected chi connectivity index (χ4v) is 5.02. The van der Waals surface area contributed by atoms with Crippen LogP contribution in [0.5, 0.6) is 0 Å². The number of Topliss-reactive ketones (excluding diaryl/α,β-unsaturated/α-hetero) is 1. The molecule has 4 rings (SSSR count). The number of benzene rings is 1. The SMILES string of the molecule is C=C(N=C(CCC(=O)CCC(C(C)CCC)n1ccc2cnc3[nH]ccc3c21)OC)c1ccc(F)cc1. The maximum absolute atomic E-state index is 13.2. The number of carbonyl (C=O) groups excluding carboxylic acids is 1. The van der Waals surface area contributed by atoms with E-state index in [9.17, 15) is 9.18 Å². The number of nitrogens with zero attached hydrogens (tertiary/aromatic N) is 3. The van der Waals surface area contributed by atoms with Gasteiger partial charge in [0.2, 0.25) is 0 Å². The summed E-state index contributed by atoms with van der Waals surface area (Å²) in [4.78, 5) is 25.1. The Hall–Kier alpha value is -3.74. The number of pyridine rings is 1. The third-order valence-electron chi connectivity index (χ3n) is 7.03. The van der Waals surface area contributed by atoms with E-state index in [1.165, 1.54) is 24.8 Å². The van der Waals surface area contributed by atoms with Crippen LogP contribution in [-0.4, -0.2) is 33.3 Å². The maximum atomic E-state index is 13.2. The highest BCUT2D eigenvalue weighted by molar-refractivity contribution is 6.02. The van der Waals surface area contributed by atoms with Gasteiger partial charge in [0.15, 0.2) is 5.90 Å². The molecule has 2 unspecified atom stereocenters. The van der Waals surface area contributed by atoms with Crippen LogP contribution in [0.1, 0.15) is 64.0 Å². The molecule has 0 aliphatic rings. The van der Waals surface area contributed by atoms with Crippen molar-refractivity contribution in [2.24, 2.45) is 10.9 Å². The third kappa shape index (κ3) is 6.16. The van der Waals surface area contributed by atoms with Gasteiger partial charge in [0, 0.05) is 54.7 Å². The molecule has 0 saturated carbocycles. The third-order valence-corrected chi connectivity index (χ3v) is 7.03. The molecule has 6 nitrogen and oxygen atoms in total. The molecule has 0 saturated heterocycles. The molecule has 0 radical (unpaired) electrons. The van der Waals surface area contributed by atoms with E-state index in [2.05, 4.69) is 58.3 Å². The fourth-order valence-electron chi connectivity index (χ4n) is 5.02. The second-order valence-electron chi connectivity index (χ2n) is 9.60. The lowest BCUT2D eigenvalue weighted by molar-refractivity contribution is -0.119. The summed E-state index contributed by atoms with van der Waals surface area (Å²) in [6.07, 6.45) is 10.1. The normalized spacial score (nSPS) is 13.7. The molecular weight excluding hydrogens is 467 g/mol. The number of ketones is 1. The Kier molecular flexibility index (Phi) is 8.54. The number of nitrogens with one attached hydrogen (secondary N) is 1. The Labute approximate surface area is 217 Å². The largest absolute Gasteiger partial charge is 0.484 e. The average Bonchev–Trinajstić information content (AvgIpc) is 3.54. The standard InChI is InChI=1S/C30H35FN4O2/c1-5-6-20(2)27(35-18-16-23-19-33-30-26(29(23)35)15-17-32-30)13-11-25(36)12-14-28(37-4)34-21(3)22-7-9-24(31)10-8-22/h7-10,15-20,27H,3,5-6,11-14H2,1-2,4H3,(H,32,33). The lowest BCUT2D eigenvalue weighted by Crippen LogP contribution is -2.18. The molecule has 1 aromatic carbocycles. The zero-order valence-electron chi connectivity index (χ0n) is 21.8. The number of H-pyrrole nitrogens is 1. The maximum Gasteiger partial charge on any atom is 0.188 e. The minimum Gasteiger partial charge on any atom is -0.484 e. The minimum atomic E-state index is -0.313. The predicted molar refractivity (Wildman–Crippen MR) is 148 cm³/mol. The van der Waals surface area contributed by atoms with E-state index in [1.807, 2.05) is 12.4 Å². The number of aromatic amines is 1. The van der Waals surface area contributed by atoms with Gasteiger partial charge in [-0.1, -0.05) is 26.8 Å². The highest BCUT2D eigenvalue weighted by Gasteiger charge is 2.22. The molecule has 0 fully saturated rings. The minimum absolute atomic E-state index is 0.177. The number of hydrogen-bond acceptors (Lipinski definition) is 4. The highest BCUT2D eigenvalue weighted by Crippen LogP contribution is 2.34. The number of aromatic nitrogens is 3. The van der Waals surface area contributed by atoms with Gasteiger partial charge in [-0.05, 0) is 60.7 Å². The van der Waals surface area contributed by atoms with Gasteiger partial charge in [0.25, 0.3) is 0 Å². The summed E-state index contributed by atoms with van der Waals surface area (Å²) in [5.74, 6) is 0.727. The zero-order chi connectivity index (χ0) is 26.4. The van der Waals surface area contributed by atoms with Crippen LogP contribution < -0.4 is 0 Å². The summed E-state index contributed by atoms with van der Waals surface area (Å²) >= 11 is 0. The van der Waals surface area contributed by atoms with Gasteiger partial charge < -0.3 is 14.3 Å². The van der Waals surface area contributed by atoms with Gasteiger partial charge in [-0.3, -0.25) is 4.79 Å². The average molecular weight is 503 g/mol. The van der Waals surface area contributed by atoms with Crippen molar-refractivity contribution in [3.05, 3.63) is 72.9 Å². The molecule has 4 aromatic rings. The Morgan fingerprint density at radius 2 is 1.95 bits per heavy atom. The summed E-state index contributed by atoms with van der Waals surface area (Å²) in [5, 5.41) is 2.21. The van der Waals surface area contributed by atoms with Crippen molar-refractivity contribution >= 4 is 39.3 Å². The molecule has 0 amide bonds. The summed E-state index contributed by atoms with van der Waals surface area (Å²) in [5.41, 5.74) is 3.22. The smallest absolute Gasteiger partial charge is 0.188 e. The number of hydrogen-bond donors (Lipinski definition) is 1. The quantitative estimate of drug-likeness (QED) is 0.161. The van der Waals surface area contributed by atoms with Crippen LogP contribution in [0.4, 0.5) is 4.39 Å². The van der Waals surface area contributed by atoms with Crippen LogP contribution in [0.2, 0.25) is 0 Å². The Bertz CT molecular complexity index is 1400. The van der Waals surface area contributed by atoms with E-state index in [-0.39, 0.29) is 17.6 Å². The predicted octanol–water partition coefficient (Wildman–Crippen LogP) is 7.48. The van der Waals surface area contributed by atoms with Crippen molar-refractivity contribution in [2.45, 2.75) is 58.4 Å². The number of rotatable bonds is 12. The summed E-state index contributed by atoms with van der Waals surface area (Å²) in [6, 6.07) is 10.4. The van der Waals surface area contributed by atoms with Crippen molar-refractivity contribution in [3.63, 3.8) is 0 Å². The topological polar surface area (TPSA) is 72.3 Å². The van der Waals surface area contributed by atoms with Crippen LogP contribution >= 0.6 is 0 Å². The molecule has 3 aromatic heterocycles. The number of ether oxygens (including phenoxy) is 1. The van der Waals surface area contributed by atoms with Crippen LogP contribution in [0.3, 0.4) is 0 Å². The van der Waals surface area contributed by atoms with Crippen LogP contribution in [0.25, 0.3) is 27.6 Å². The fraction of sp³-hybridized carbons (Fsp3) is 0.367. The molecule has 0 spiro atoms. The Morgan fingerprint density at radius 1 is 1.16 bits per heavy atom. The second kappa shape index (κ2) is 12.0. The van der Waals surface area contributed by atoms with Crippen LogP contribution in [0, 0.1) is 11.7 Å². The van der Waals surface area contributed by atoms with Crippen molar-refractivity contribution in [1.82, 2.24) is 14.5 Å². The molecule has 0 aliphatic carbocycles. The van der Waals surface area contributed by atoms with Crippen LogP contribution in [0.15, 0.2) is 66.6 Å². The summed E-state index contributed by atoms with van der Waals surface area (Å²) < 4.78 is 20.9. The highest BCUT2D eigenvalue weighted by atomic mass is 19.1. The van der Waals surface area contributed by atoms with Crippen molar-refractivity contribution in [1.29, 1.82) is 0 Å². The molecule has 1 N–H and O–H groups in total. The van der Waals surface area contributed by atoms with E-state index in [4.69, 9.17) is 4.74 Å². The monoisotopic (exact) mass is 502 g/mol. The first-order valence-electron chi connectivity index (χ1n) is 12.9. The number of methoxy groups -OCH3 is 1. The van der Waals surface area contributed by atoms with Crippen molar-refractivity contribution < 1.29 is 13.9 Å². The molecule has 2 atom stereocenters. The Balaban J connectivity index is 1.44. The molecule has 194 valence electrons. The lowest BCUT2D eigenvalue weighted by Gasteiger charge is -2.26. The van der Waals surface area contributed by atoms with Gasteiger partial charge in [-0.15, -0.1) is 0 Å². The molecule has 3 heterocycles. The van der Waals surface area contributed by atoms with E-state index in [0.717, 1.165) is 35.7 Å². The number of fused-ring (bicyclic) bond motifs is 3. The van der Waals surface area contributed by atoms with Crippen LogP contribution in [-0.2, 0) is 9.53 Å². The first kappa shape index (κ1) is 26.3. The lowest BCUT2D eigenvalue weighted by atomic mass is 9.91. The van der Waals surface area contributed by atoms with E-state index >= 15 is 0 Å². The van der Waals surface area contributed by atoms with E-state index in [0.29, 0.717) is 42.3 Å². The first-order valence-corrected chi connectivity index (χ1v) is 12.9. The molecule has 0 bridgehead atoms. The number of carbonyl (C=O) groups is 1. The van der Waals surface area contributed by atoms with E-state index in [1.54, 1.807) is 12.1 Å². The van der Waals surface area contributed by atoms with Gasteiger partial charge >= 0.3 is 0 Å². The Morgan fingerprint density at radius 3 is 2.68 bits per heavy atom. The number of halogens is 1. The molecule has 7 heteroatoms. The summed E-state index contributed by atoms with van der Waals surface area (Å²) in [6.45, 7) is 8.43. The molecule has 37 heavy (non-hydrogen) atoms. The van der Waals surface area contributed by atoms with Gasteiger partial charge in [0.05, 0.1) is 18.3 Å². The molecular formula is C30H35FN4O2. The molecule has 0 aliphatic heterocycles.